The molecule has 0 saturated carbocycles. The monoisotopic (exact) mass is 482 g/mol. The van der Waals surface area contributed by atoms with Crippen molar-refractivity contribution in [2.75, 3.05) is 11.9 Å². The van der Waals surface area contributed by atoms with Crippen LogP contribution >= 0.6 is 12.2 Å². The SMILES string of the molecule is Cc1cc([C@H]2[C@@H](c3ccccn3)NC(=S)N2CC(=O)Nc2ccccc2)c(C)n1-c1cccnc1. The molecule has 0 aliphatic carbocycles. The largest absolute Gasteiger partial charge is 0.352 e. The van der Waals surface area contributed by atoms with Crippen molar-refractivity contribution in [3.05, 3.63) is 108 Å². The number of aromatic nitrogens is 3. The Hall–Kier alpha value is -4.04. The topological polar surface area (TPSA) is 75.1 Å². The van der Waals surface area contributed by atoms with Crippen molar-refractivity contribution in [3.8, 4) is 5.69 Å². The Balaban J connectivity index is 1.53. The van der Waals surface area contributed by atoms with E-state index in [9.17, 15) is 4.79 Å². The normalized spacial score (nSPS) is 17.3. The number of para-hydroxylation sites is 1. The first-order chi connectivity index (χ1) is 17.0. The minimum absolute atomic E-state index is 0.116. The molecule has 0 bridgehead atoms. The van der Waals surface area contributed by atoms with Gasteiger partial charge in [0.2, 0.25) is 5.91 Å². The van der Waals surface area contributed by atoms with Crippen LogP contribution in [0.5, 0.6) is 0 Å². The molecule has 8 heteroatoms. The number of thiocarbonyl (C=S) groups is 1. The van der Waals surface area contributed by atoms with E-state index in [-0.39, 0.29) is 24.5 Å². The summed E-state index contributed by atoms with van der Waals surface area (Å²) < 4.78 is 2.18. The second-order valence-electron chi connectivity index (χ2n) is 8.54. The number of amides is 1. The molecule has 1 aliphatic rings. The van der Waals surface area contributed by atoms with Gasteiger partial charge in [-0.1, -0.05) is 24.3 Å². The van der Waals surface area contributed by atoms with E-state index in [0.29, 0.717) is 5.11 Å². The molecule has 176 valence electrons. The van der Waals surface area contributed by atoms with E-state index in [1.54, 1.807) is 12.4 Å². The van der Waals surface area contributed by atoms with Gasteiger partial charge in [-0.2, -0.15) is 0 Å². The third kappa shape index (κ3) is 4.52. The Morgan fingerprint density at radius 3 is 2.57 bits per heavy atom. The highest BCUT2D eigenvalue weighted by Crippen LogP contribution is 2.41. The predicted molar refractivity (Wildman–Crippen MR) is 140 cm³/mol. The number of anilines is 1. The fraction of sp³-hybridized carbons (Fsp3) is 0.185. The number of carbonyl (C=O) groups is 1. The van der Waals surface area contributed by atoms with Gasteiger partial charge >= 0.3 is 0 Å². The molecular weight excluding hydrogens is 456 g/mol. The zero-order valence-electron chi connectivity index (χ0n) is 19.6. The highest BCUT2D eigenvalue weighted by Gasteiger charge is 2.42. The number of pyridine rings is 2. The van der Waals surface area contributed by atoms with E-state index in [1.807, 2.05) is 71.8 Å². The Bertz CT molecular complexity index is 1340. The van der Waals surface area contributed by atoms with Gasteiger partial charge in [-0.25, -0.2) is 0 Å². The summed E-state index contributed by atoms with van der Waals surface area (Å²) >= 11 is 5.74. The van der Waals surface area contributed by atoms with Crippen LogP contribution in [0.3, 0.4) is 0 Å². The number of hydrogen-bond donors (Lipinski definition) is 2. The minimum Gasteiger partial charge on any atom is -0.352 e. The molecule has 5 rings (SSSR count). The fourth-order valence-electron chi connectivity index (χ4n) is 4.76. The Morgan fingerprint density at radius 2 is 1.86 bits per heavy atom. The summed E-state index contributed by atoms with van der Waals surface area (Å²) in [5.74, 6) is -0.131. The molecule has 0 spiro atoms. The first kappa shape index (κ1) is 22.7. The average molecular weight is 483 g/mol. The Kier molecular flexibility index (Phi) is 6.29. The van der Waals surface area contributed by atoms with Crippen LogP contribution < -0.4 is 10.6 Å². The number of nitrogens with zero attached hydrogens (tertiary/aromatic N) is 4. The van der Waals surface area contributed by atoms with Crippen LogP contribution in [-0.2, 0) is 4.79 Å². The first-order valence-corrected chi connectivity index (χ1v) is 11.9. The lowest BCUT2D eigenvalue weighted by atomic mass is 9.96. The van der Waals surface area contributed by atoms with Crippen molar-refractivity contribution < 1.29 is 4.79 Å². The van der Waals surface area contributed by atoms with Gasteiger partial charge in [0.25, 0.3) is 0 Å². The lowest BCUT2D eigenvalue weighted by Gasteiger charge is -2.27. The molecule has 1 saturated heterocycles. The van der Waals surface area contributed by atoms with E-state index < -0.39 is 0 Å². The van der Waals surface area contributed by atoms with E-state index >= 15 is 0 Å². The lowest BCUT2D eigenvalue weighted by molar-refractivity contribution is -0.116. The lowest BCUT2D eigenvalue weighted by Crippen LogP contribution is -2.37. The molecule has 0 unspecified atom stereocenters. The molecule has 7 nitrogen and oxygen atoms in total. The van der Waals surface area contributed by atoms with Gasteiger partial charge < -0.3 is 20.1 Å². The summed E-state index contributed by atoms with van der Waals surface area (Å²) in [5, 5.41) is 6.93. The van der Waals surface area contributed by atoms with Crippen molar-refractivity contribution in [1.82, 2.24) is 24.8 Å². The van der Waals surface area contributed by atoms with Gasteiger partial charge in [0.15, 0.2) is 5.11 Å². The van der Waals surface area contributed by atoms with Gasteiger partial charge in [0.1, 0.15) is 6.54 Å². The maximum atomic E-state index is 13.0. The number of hydrogen-bond acceptors (Lipinski definition) is 4. The Morgan fingerprint density at radius 1 is 1.06 bits per heavy atom. The van der Waals surface area contributed by atoms with E-state index in [2.05, 4.69) is 45.1 Å². The zero-order valence-corrected chi connectivity index (χ0v) is 20.4. The summed E-state index contributed by atoms with van der Waals surface area (Å²) in [7, 11) is 0. The number of benzene rings is 1. The van der Waals surface area contributed by atoms with Gasteiger partial charge in [-0.05, 0) is 74.1 Å². The van der Waals surface area contributed by atoms with Crippen LogP contribution in [0.2, 0.25) is 0 Å². The molecular formula is C27H26N6OS. The van der Waals surface area contributed by atoms with Gasteiger partial charge in [0.05, 0.1) is 29.7 Å². The van der Waals surface area contributed by atoms with Crippen LogP contribution in [0, 0.1) is 13.8 Å². The summed E-state index contributed by atoms with van der Waals surface area (Å²) in [6.07, 6.45) is 5.39. The zero-order chi connectivity index (χ0) is 24.4. The molecule has 3 aromatic heterocycles. The van der Waals surface area contributed by atoms with Crippen LogP contribution in [0.25, 0.3) is 5.69 Å². The summed E-state index contributed by atoms with van der Waals surface area (Å²) in [5.41, 5.74) is 5.85. The number of nitrogens with one attached hydrogen (secondary N) is 2. The van der Waals surface area contributed by atoms with E-state index in [0.717, 1.165) is 34.0 Å². The van der Waals surface area contributed by atoms with Crippen LogP contribution in [0.4, 0.5) is 5.69 Å². The second-order valence-corrected chi connectivity index (χ2v) is 8.93. The van der Waals surface area contributed by atoms with Crippen molar-refractivity contribution in [1.29, 1.82) is 0 Å². The quantitative estimate of drug-likeness (QED) is 0.394. The first-order valence-electron chi connectivity index (χ1n) is 11.4. The van der Waals surface area contributed by atoms with Crippen LogP contribution in [0.1, 0.15) is 34.7 Å². The molecule has 0 radical (unpaired) electrons. The highest BCUT2D eigenvalue weighted by atomic mass is 32.1. The van der Waals surface area contributed by atoms with Crippen LogP contribution in [0.15, 0.2) is 85.3 Å². The molecule has 1 aliphatic heterocycles. The van der Waals surface area contributed by atoms with Crippen molar-refractivity contribution in [2.45, 2.75) is 25.9 Å². The van der Waals surface area contributed by atoms with Crippen LogP contribution in [-0.4, -0.2) is 37.0 Å². The highest BCUT2D eigenvalue weighted by molar-refractivity contribution is 7.80. The fourth-order valence-corrected chi connectivity index (χ4v) is 5.07. The molecule has 1 aromatic carbocycles. The van der Waals surface area contributed by atoms with E-state index in [4.69, 9.17) is 12.2 Å². The number of carbonyl (C=O) groups excluding carboxylic acids is 1. The second kappa shape index (κ2) is 9.68. The van der Waals surface area contributed by atoms with Gasteiger partial charge in [-0.15, -0.1) is 0 Å². The summed E-state index contributed by atoms with van der Waals surface area (Å²) in [4.78, 5) is 23.9. The molecule has 35 heavy (non-hydrogen) atoms. The third-order valence-electron chi connectivity index (χ3n) is 6.26. The maximum absolute atomic E-state index is 13.0. The molecule has 2 atom stereocenters. The molecule has 2 N–H and O–H groups in total. The standard InChI is InChI=1S/C27H26N6OS/c1-18-15-22(19(2)33(18)21-11-8-13-28-16-21)26-25(23-12-6-7-14-29-23)31-27(35)32(26)17-24(34)30-20-9-4-3-5-10-20/h3-16,25-26H,17H2,1-2H3,(H,30,34)(H,31,35)/t25-,26+/m1/s1. The average Bonchev–Trinajstić information content (AvgIpc) is 3.35. The maximum Gasteiger partial charge on any atom is 0.244 e. The third-order valence-corrected chi connectivity index (χ3v) is 6.61. The number of aryl methyl sites for hydroxylation is 1. The predicted octanol–water partition coefficient (Wildman–Crippen LogP) is 4.50. The molecule has 4 aromatic rings. The van der Waals surface area contributed by atoms with E-state index in [1.165, 1.54) is 0 Å². The van der Waals surface area contributed by atoms with Gasteiger partial charge in [0, 0.05) is 29.5 Å². The van der Waals surface area contributed by atoms with Crippen molar-refractivity contribution in [2.24, 2.45) is 0 Å². The Labute approximate surface area is 209 Å². The van der Waals surface area contributed by atoms with Gasteiger partial charge in [-0.3, -0.25) is 14.8 Å². The minimum atomic E-state index is -0.212. The van der Waals surface area contributed by atoms with Crippen molar-refractivity contribution >= 4 is 28.9 Å². The number of rotatable bonds is 6. The molecule has 1 amide bonds. The molecule has 1 fully saturated rings. The smallest absolute Gasteiger partial charge is 0.244 e. The van der Waals surface area contributed by atoms with Crippen molar-refractivity contribution in [3.63, 3.8) is 0 Å². The molecule has 4 heterocycles. The summed E-state index contributed by atoms with van der Waals surface area (Å²) in [6.45, 7) is 4.28. The summed E-state index contributed by atoms with van der Waals surface area (Å²) in [6, 6.07) is 21.0.